The second kappa shape index (κ2) is 4.26. The monoisotopic (exact) mass is 224 g/mol. The molecule has 2 aliphatic rings. The summed E-state index contributed by atoms with van der Waals surface area (Å²) in [6.07, 6.45) is 3.61. The molecule has 0 aliphatic heterocycles. The van der Waals surface area contributed by atoms with Gasteiger partial charge >= 0.3 is 0 Å². The maximum atomic E-state index is 10.1. The molecule has 0 aromatic carbocycles. The first-order chi connectivity index (χ1) is 7.25. The van der Waals surface area contributed by atoms with Crippen molar-refractivity contribution in [1.29, 1.82) is 0 Å². The zero-order valence-electron chi connectivity index (χ0n) is 9.79. The molecule has 1 saturated carbocycles. The summed E-state index contributed by atoms with van der Waals surface area (Å²) in [4.78, 5) is 2.84. The molecule has 0 amide bonds. The Morgan fingerprint density at radius 3 is 2.80 bits per heavy atom. The third kappa shape index (κ3) is 1.74. The normalized spacial score (nSPS) is 31.9. The molecule has 0 spiro atoms. The van der Waals surface area contributed by atoms with Crippen molar-refractivity contribution in [2.24, 2.45) is 5.92 Å². The largest absolute Gasteiger partial charge is 0.388 e. The van der Waals surface area contributed by atoms with Crippen LogP contribution in [-0.2, 0) is 0 Å². The van der Waals surface area contributed by atoms with Crippen molar-refractivity contribution in [3.63, 3.8) is 0 Å². The van der Waals surface area contributed by atoms with Crippen LogP contribution in [0.4, 0.5) is 0 Å². The van der Waals surface area contributed by atoms with E-state index in [1.54, 1.807) is 0 Å². The molecule has 15 heavy (non-hydrogen) atoms. The first kappa shape index (κ1) is 11.2. The van der Waals surface area contributed by atoms with E-state index in [0.29, 0.717) is 5.92 Å². The van der Waals surface area contributed by atoms with Crippen molar-refractivity contribution in [2.75, 3.05) is 0 Å². The van der Waals surface area contributed by atoms with Gasteiger partial charge in [0, 0.05) is 9.75 Å². The van der Waals surface area contributed by atoms with Gasteiger partial charge in [0.2, 0.25) is 0 Å². The molecule has 1 aromatic heterocycles. The standard InChI is InChI=1S/C11H14OS.C2H6/c1-6-4-9-10(12)7-2-3-8(5-7)11(9)13-6;1-2/h4,7-8,10,12H,2-3,5H2,1H3;1-2H3. The molecule has 3 unspecified atom stereocenters. The summed E-state index contributed by atoms with van der Waals surface area (Å²) in [6, 6.07) is 2.19. The lowest BCUT2D eigenvalue weighted by molar-refractivity contribution is 0.105. The first-order valence-electron chi connectivity index (χ1n) is 6.04. The highest BCUT2D eigenvalue weighted by Gasteiger charge is 2.39. The molecule has 84 valence electrons. The summed E-state index contributed by atoms with van der Waals surface area (Å²) in [5, 5.41) is 10.1. The number of hydrogen-bond acceptors (Lipinski definition) is 2. The lowest BCUT2D eigenvalue weighted by Gasteiger charge is -2.24. The van der Waals surface area contributed by atoms with Crippen LogP contribution in [0.3, 0.4) is 0 Å². The molecule has 1 aromatic rings. The molecule has 3 rings (SSSR count). The number of aliphatic hydroxyl groups is 1. The average molecular weight is 224 g/mol. The predicted molar refractivity (Wildman–Crippen MR) is 65.4 cm³/mol. The fourth-order valence-electron chi connectivity index (χ4n) is 2.90. The molecule has 1 nitrogen and oxygen atoms in total. The van der Waals surface area contributed by atoms with Gasteiger partial charge in [-0.15, -0.1) is 11.3 Å². The smallest absolute Gasteiger partial charge is 0.0829 e. The number of rotatable bonds is 0. The van der Waals surface area contributed by atoms with E-state index >= 15 is 0 Å². The topological polar surface area (TPSA) is 20.2 Å². The molecule has 2 heteroatoms. The Kier molecular flexibility index (Phi) is 3.17. The highest BCUT2D eigenvalue weighted by molar-refractivity contribution is 7.12. The first-order valence-corrected chi connectivity index (χ1v) is 6.85. The van der Waals surface area contributed by atoms with Gasteiger partial charge in [0.25, 0.3) is 0 Å². The van der Waals surface area contributed by atoms with Crippen LogP contribution < -0.4 is 0 Å². The summed E-state index contributed by atoms with van der Waals surface area (Å²) in [6.45, 7) is 6.14. The summed E-state index contributed by atoms with van der Waals surface area (Å²) < 4.78 is 0. The van der Waals surface area contributed by atoms with E-state index in [4.69, 9.17) is 0 Å². The zero-order valence-corrected chi connectivity index (χ0v) is 10.6. The minimum absolute atomic E-state index is 0.154. The Bertz CT molecular complexity index is 329. The van der Waals surface area contributed by atoms with Gasteiger partial charge in [-0.3, -0.25) is 0 Å². The number of hydrogen-bond donors (Lipinski definition) is 1. The van der Waals surface area contributed by atoms with E-state index in [2.05, 4.69) is 13.0 Å². The van der Waals surface area contributed by atoms with Crippen molar-refractivity contribution < 1.29 is 5.11 Å². The Hall–Kier alpha value is -0.340. The van der Waals surface area contributed by atoms with Gasteiger partial charge in [-0.2, -0.15) is 0 Å². The zero-order chi connectivity index (χ0) is 11.0. The summed E-state index contributed by atoms with van der Waals surface area (Å²) in [5.74, 6) is 1.34. The van der Waals surface area contributed by atoms with Gasteiger partial charge in [-0.1, -0.05) is 13.8 Å². The fourth-order valence-corrected chi connectivity index (χ4v) is 4.11. The van der Waals surface area contributed by atoms with Crippen LogP contribution in [0.25, 0.3) is 0 Å². The lowest BCUT2D eigenvalue weighted by atomic mass is 9.86. The summed E-state index contributed by atoms with van der Waals surface area (Å²) in [5.41, 5.74) is 1.25. The quantitative estimate of drug-likeness (QED) is 0.706. The van der Waals surface area contributed by atoms with Crippen LogP contribution in [0, 0.1) is 12.8 Å². The third-order valence-electron chi connectivity index (χ3n) is 3.52. The van der Waals surface area contributed by atoms with E-state index in [0.717, 1.165) is 5.92 Å². The van der Waals surface area contributed by atoms with Crippen LogP contribution in [0.5, 0.6) is 0 Å². The van der Waals surface area contributed by atoms with Crippen LogP contribution in [0.2, 0.25) is 0 Å². The number of thiophene rings is 1. The molecule has 1 fully saturated rings. The average Bonchev–Trinajstić information content (AvgIpc) is 2.83. The van der Waals surface area contributed by atoms with E-state index in [1.165, 1.54) is 34.6 Å². The Morgan fingerprint density at radius 2 is 2.07 bits per heavy atom. The van der Waals surface area contributed by atoms with Gasteiger partial charge in [0.15, 0.2) is 0 Å². The molecular weight excluding hydrogens is 204 g/mol. The number of fused-ring (bicyclic) bond motifs is 4. The lowest BCUT2D eigenvalue weighted by Crippen LogP contribution is -2.14. The highest BCUT2D eigenvalue weighted by atomic mass is 32.1. The van der Waals surface area contributed by atoms with Gasteiger partial charge < -0.3 is 5.11 Å². The predicted octanol–water partition coefficient (Wildman–Crippen LogP) is 4.01. The Morgan fingerprint density at radius 1 is 1.33 bits per heavy atom. The van der Waals surface area contributed by atoms with Crippen LogP contribution in [0.1, 0.15) is 60.4 Å². The van der Waals surface area contributed by atoms with E-state index in [1.807, 2.05) is 25.2 Å². The van der Waals surface area contributed by atoms with Gasteiger partial charge in [0.1, 0.15) is 0 Å². The van der Waals surface area contributed by atoms with Crippen molar-refractivity contribution >= 4 is 11.3 Å². The Labute approximate surface area is 96.1 Å². The van der Waals surface area contributed by atoms with E-state index in [-0.39, 0.29) is 6.10 Å². The van der Waals surface area contributed by atoms with Crippen molar-refractivity contribution in [3.05, 3.63) is 21.4 Å². The summed E-state index contributed by atoms with van der Waals surface area (Å²) in [7, 11) is 0. The van der Waals surface area contributed by atoms with Crippen LogP contribution in [0.15, 0.2) is 6.07 Å². The van der Waals surface area contributed by atoms with Gasteiger partial charge in [-0.25, -0.2) is 0 Å². The SMILES string of the molecule is CC.Cc1cc2c(s1)C1CCC(C1)C2O. The molecule has 0 saturated heterocycles. The Balaban J connectivity index is 0.000000404. The maximum Gasteiger partial charge on any atom is 0.0829 e. The third-order valence-corrected chi connectivity index (χ3v) is 4.75. The molecule has 0 radical (unpaired) electrons. The molecular formula is C13H20OS. The highest BCUT2D eigenvalue weighted by Crippen LogP contribution is 2.53. The van der Waals surface area contributed by atoms with E-state index < -0.39 is 0 Å². The fraction of sp³-hybridized carbons (Fsp3) is 0.692. The molecule has 1 N–H and O–H groups in total. The van der Waals surface area contributed by atoms with Crippen molar-refractivity contribution in [1.82, 2.24) is 0 Å². The number of aliphatic hydroxyl groups excluding tert-OH is 1. The van der Waals surface area contributed by atoms with Crippen LogP contribution >= 0.6 is 11.3 Å². The molecule has 3 atom stereocenters. The molecule has 2 aliphatic carbocycles. The maximum absolute atomic E-state index is 10.1. The van der Waals surface area contributed by atoms with Crippen LogP contribution in [-0.4, -0.2) is 5.11 Å². The minimum Gasteiger partial charge on any atom is -0.388 e. The summed E-state index contributed by atoms with van der Waals surface area (Å²) >= 11 is 1.89. The van der Waals surface area contributed by atoms with Gasteiger partial charge in [0.05, 0.1) is 6.10 Å². The molecule has 1 heterocycles. The number of aryl methyl sites for hydroxylation is 1. The van der Waals surface area contributed by atoms with Gasteiger partial charge in [-0.05, 0) is 49.7 Å². The van der Waals surface area contributed by atoms with E-state index in [9.17, 15) is 5.11 Å². The minimum atomic E-state index is -0.154. The second-order valence-corrected chi connectivity index (χ2v) is 5.68. The van der Waals surface area contributed by atoms with Crippen molar-refractivity contribution in [2.45, 2.75) is 52.1 Å². The van der Waals surface area contributed by atoms with Crippen molar-refractivity contribution in [3.8, 4) is 0 Å². The molecule has 2 bridgehead atoms. The second-order valence-electron chi connectivity index (χ2n) is 4.39.